The molecule has 76 valence electrons. The Morgan fingerprint density at radius 2 is 1.77 bits per heavy atom. The van der Waals surface area contributed by atoms with Gasteiger partial charge in [-0.1, -0.05) is 19.3 Å². The van der Waals surface area contributed by atoms with Gasteiger partial charge in [-0.05, 0) is 12.8 Å². The number of epoxide rings is 1. The highest BCUT2D eigenvalue weighted by molar-refractivity contribution is 7.92. The summed E-state index contributed by atoms with van der Waals surface area (Å²) >= 11 is 0. The predicted octanol–water partition coefficient (Wildman–Crippen LogP) is 1.13. The predicted molar refractivity (Wildman–Crippen MR) is 50.4 cm³/mol. The summed E-state index contributed by atoms with van der Waals surface area (Å²) < 4.78 is 28.5. The average Bonchev–Trinajstić information content (AvgIpc) is 2.89. The molecule has 0 amide bonds. The van der Waals surface area contributed by atoms with E-state index in [0.29, 0.717) is 6.61 Å². The van der Waals surface area contributed by atoms with Gasteiger partial charge in [0.2, 0.25) is 0 Å². The van der Waals surface area contributed by atoms with Crippen LogP contribution in [0.3, 0.4) is 0 Å². The molecule has 0 N–H and O–H groups in total. The lowest BCUT2D eigenvalue weighted by Crippen LogP contribution is -2.28. The Labute approximate surface area is 79.4 Å². The molecule has 1 heterocycles. The maximum atomic E-state index is 11.8. The molecule has 4 heteroatoms. The smallest absolute Gasteiger partial charge is 0.155 e. The van der Waals surface area contributed by atoms with E-state index in [1.54, 1.807) is 0 Å². The maximum Gasteiger partial charge on any atom is 0.155 e. The Morgan fingerprint density at radius 3 is 2.31 bits per heavy atom. The summed E-state index contributed by atoms with van der Waals surface area (Å²) in [6.45, 7) is 0.645. The summed E-state index contributed by atoms with van der Waals surface area (Å²) in [6.07, 6.45) is 5.12. The highest BCUT2D eigenvalue weighted by atomic mass is 32.2. The normalized spacial score (nSPS) is 30.3. The van der Waals surface area contributed by atoms with E-state index in [4.69, 9.17) is 4.74 Å². The fourth-order valence-corrected chi connectivity index (χ4v) is 4.02. The first kappa shape index (κ1) is 9.46. The molecular weight excluding hydrogens is 188 g/mol. The van der Waals surface area contributed by atoms with E-state index in [1.165, 1.54) is 6.42 Å². The van der Waals surface area contributed by atoms with Gasteiger partial charge < -0.3 is 4.74 Å². The fourth-order valence-electron chi connectivity index (χ4n) is 1.98. The minimum Gasteiger partial charge on any atom is -0.372 e. The van der Waals surface area contributed by atoms with Crippen LogP contribution in [-0.4, -0.2) is 32.1 Å². The van der Waals surface area contributed by atoms with Crippen molar-refractivity contribution < 1.29 is 13.2 Å². The van der Waals surface area contributed by atoms with Gasteiger partial charge in [0.15, 0.2) is 9.84 Å². The van der Waals surface area contributed by atoms with Gasteiger partial charge in [0, 0.05) is 0 Å². The van der Waals surface area contributed by atoms with Gasteiger partial charge in [0.05, 0.1) is 23.7 Å². The van der Waals surface area contributed by atoms with Gasteiger partial charge in [0.25, 0.3) is 0 Å². The summed E-state index contributed by atoms with van der Waals surface area (Å²) in [5, 5.41) is -0.0644. The number of hydrogen-bond acceptors (Lipinski definition) is 3. The minimum atomic E-state index is -2.85. The third kappa shape index (κ3) is 2.44. The van der Waals surface area contributed by atoms with Crippen molar-refractivity contribution in [3.63, 3.8) is 0 Å². The first-order chi connectivity index (χ1) is 6.18. The van der Waals surface area contributed by atoms with Crippen molar-refractivity contribution in [2.75, 3.05) is 12.4 Å². The van der Waals surface area contributed by atoms with Crippen LogP contribution >= 0.6 is 0 Å². The second-order valence-electron chi connectivity index (χ2n) is 4.04. The molecule has 1 aliphatic heterocycles. The number of hydrogen-bond donors (Lipinski definition) is 0. The molecular formula is C9H16O3S. The van der Waals surface area contributed by atoms with Gasteiger partial charge >= 0.3 is 0 Å². The van der Waals surface area contributed by atoms with E-state index in [2.05, 4.69) is 0 Å². The van der Waals surface area contributed by atoms with Crippen LogP contribution in [0.1, 0.15) is 32.1 Å². The Kier molecular flexibility index (Phi) is 2.60. The molecule has 0 bridgehead atoms. The maximum absolute atomic E-state index is 11.8. The summed E-state index contributed by atoms with van der Waals surface area (Å²) in [5.74, 6) is 0.262. The van der Waals surface area contributed by atoms with Crippen molar-refractivity contribution in [2.45, 2.75) is 43.5 Å². The van der Waals surface area contributed by atoms with Crippen LogP contribution in [0.5, 0.6) is 0 Å². The van der Waals surface area contributed by atoms with Gasteiger partial charge in [-0.15, -0.1) is 0 Å². The molecule has 2 fully saturated rings. The van der Waals surface area contributed by atoms with Crippen molar-refractivity contribution >= 4 is 9.84 Å². The van der Waals surface area contributed by atoms with E-state index < -0.39 is 9.84 Å². The van der Waals surface area contributed by atoms with Crippen LogP contribution in [-0.2, 0) is 14.6 Å². The Balaban J connectivity index is 1.95. The van der Waals surface area contributed by atoms with Crippen molar-refractivity contribution in [1.82, 2.24) is 0 Å². The summed E-state index contributed by atoms with van der Waals surface area (Å²) in [7, 11) is -2.85. The summed E-state index contributed by atoms with van der Waals surface area (Å²) in [6, 6.07) is 0. The number of ether oxygens (including phenoxy) is 1. The monoisotopic (exact) mass is 204 g/mol. The average molecular weight is 204 g/mol. The van der Waals surface area contributed by atoms with Crippen molar-refractivity contribution in [3.05, 3.63) is 0 Å². The van der Waals surface area contributed by atoms with E-state index in [9.17, 15) is 8.42 Å². The zero-order valence-electron chi connectivity index (χ0n) is 7.74. The fraction of sp³-hybridized carbons (Fsp3) is 1.00. The molecule has 0 aromatic rings. The molecule has 13 heavy (non-hydrogen) atoms. The van der Waals surface area contributed by atoms with Crippen LogP contribution in [0.15, 0.2) is 0 Å². The zero-order valence-corrected chi connectivity index (χ0v) is 8.55. The molecule has 1 aliphatic carbocycles. The van der Waals surface area contributed by atoms with Gasteiger partial charge in [-0.25, -0.2) is 8.42 Å². The van der Waals surface area contributed by atoms with Crippen molar-refractivity contribution in [2.24, 2.45) is 0 Å². The third-order valence-electron chi connectivity index (χ3n) is 2.88. The molecule has 0 aromatic carbocycles. The first-order valence-corrected chi connectivity index (χ1v) is 6.73. The molecule has 1 saturated heterocycles. The lowest BCUT2D eigenvalue weighted by molar-refractivity contribution is 0.419. The third-order valence-corrected chi connectivity index (χ3v) is 5.20. The number of rotatable bonds is 3. The van der Waals surface area contributed by atoms with E-state index in [-0.39, 0.29) is 17.1 Å². The second kappa shape index (κ2) is 3.58. The highest BCUT2D eigenvalue weighted by Crippen LogP contribution is 2.26. The number of sulfone groups is 1. The van der Waals surface area contributed by atoms with Crippen molar-refractivity contribution in [3.8, 4) is 0 Å². The quantitative estimate of drug-likeness (QED) is 0.647. The summed E-state index contributed by atoms with van der Waals surface area (Å²) in [5.41, 5.74) is 0. The SMILES string of the molecule is O=S(=O)(C[C@H]1CO1)C1CCCCC1. The highest BCUT2D eigenvalue weighted by Gasteiger charge is 2.34. The molecule has 1 saturated carbocycles. The summed E-state index contributed by atoms with van der Waals surface area (Å²) in [4.78, 5) is 0. The van der Waals surface area contributed by atoms with Crippen LogP contribution in [0.2, 0.25) is 0 Å². The molecule has 0 aromatic heterocycles. The zero-order chi connectivity index (χ0) is 9.31. The van der Waals surface area contributed by atoms with Crippen LogP contribution < -0.4 is 0 Å². The molecule has 0 radical (unpaired) electrons. The second-order valence-corrected chi connectivity index (χ2v) is 6.37. The molecule has 2 rings (SSSR count). The largest absolute Gasteiger partial charge is 0.372 e. The van der Waals surface area contributed by atoms with E-state index in [0.717, 1.165) is 25.7 Å². The minimum absolute atomic E-state index is 0.0203. The van der Waals surface area contributed by atoms with E-state index >= 15 is 0 Å². The Hall–Kier alpha value is -0.0900. The van der Waals surface area contributed by atoms with Crippen LogP contribution in [0, 0.1) is 0 Å². The van der Waals surface area contributed by atoms with Crippen LogP contribution in [0.25, 0.3) is 0 Å². The Morgan fingerprint density at radius 1 is 1.15 bits per heavy atom. The lowest BCUT2D eigenvalue weighted by atomic mass is 10.0. The molecule has 3 nitrogen and oxygen atoms in total. The first-order valence-electron chi connectivity index (χ1n) is 5.02. The molecule has 1 atom stereocenters. The van der Waals surface area contributed by atoms with E-state index in [1.807, 2.05) is 0 Å². The molecule has 0 spiro atoms. The molecule has 0 unspecified atom stereocenters. The van der Waals surface area contributed by atoms with Crippen LogP contribution in [0.4, 0.5) is 0 Å². The topological polar surface area (TPSA) is 46.7 Å². The van der Waals surface area contributed by atoms with Gasteiger partial charge in [0.1, 0.15) is 0 Å². The Bertz CT molecular complexity index is 261. The standard InChI is InChI=1S/C9H16O3S/c10-13(11,7-8-6-12-8)9-4-2-1-3-5-9/h8-9H,1-7H2/t8-/m1/s1. The van der Waals surface area contributed by atoms with Crippen molar-refractivity contribution in [1.29, 1.82) is 0 Å². The lowest BCUT2D eigenvalue weighted by Gasteiger charge is -2.21. The van der Waals surface area contributed by atoms with Gasteiger partial charge in [-0.3, -0.25) is 0 Å². The molecule has 2 aliphatic rings. The van der Waals surface area contributed by atoms with Gasteiger partial charge in [-0.2, -0.15) is 0 Å².